The van der Waals surface area contributed by atoms with E-state index in [1.807, 2.05) is 0 Å². The number of aromatic carboxylic acids is 1. The van der Waals surface area contributed by atoms with Crippen molar-refractivity contribution in [2.75, 3.05) is 0 Å². The van der Waals surface area contributed by atoms with Crippen LogP contribution in [0.1, 0.15) is 48.5 Å². The van der Waals surface area contributed by atoms with E-state index in [0.717, 1.165) is 19.3 Å². The van der Waals surface area contributed by atoms with Crippen LogP contribution in [-0.2, 0) is 6.42 Å². The lowest BCUT2D eigenvalue weighted by atomic mass is 10.0. The van der Waals surface area contributed by atoms with Crippen LogP contribution in [0.5, 0.6) is 11.5 Å². The van der Waals surface area contributed by atoms with Gasteiger partial charge in [-0.1, -0.05) is 26.2 Å². The first-order valence-corrected chi connectivity index (χ1v) is 6.42. The van der Waals surface area contributed by atoms with Gasteiger partial charge in [-0.25, -0.2) is 4.79 Å². The first-order valence-electron chi connectivity index (χ1n) is 6.42. The Morgan fingerprint density at radius 1 is 1.21 bits per heavy atom. The number of rotatable bonds is 7. The van der Waals surface area contributed by atoms with Gasteiger partial charge in [0.1, 0.15) is 17.1 Å². The van der Waals surface area contributed by atoms with Crippen molar-refractivity contribution in [3.63, 3.8) is 0 Å². The summed E-state index contributed by atoms with van der Waals surface area (Å²) in [4.78, 5) is 10.8. The maximum Gasteiger partial charge on any atom is 0.343 e. The summed E-state index contributed by atoms with van der Waals surface area (Å²) in [5, 5.41) is 37.7. The minimum absolute atomic E-state index is 0.282. The van der Waals surface area contributed by atoms with E-state index in [0.29, 0.717) is 12.0 Å². The highest BCUT2D eigenvalue weighted by molar-refractivity contribution is 5.94. The van der Waals surface area contributed by atoms with Gasteiger partial charge in [-0.2, -0.15) is 0 Å². The molecule has 1 aromatic rings. The fourth-order valence-corrected chi connectivity index (χ4v) is 2.01. The summed E-state index contributed by atoms with van der Waals surface area (Å²) in [6, 6.07) is 2.54. The van der Waals surface area contributed by atoms with Crippen LogP contribution < -0.4 is 0 Å². The molecule has 0 heterocycles. The molecule has 106 valence electrons. The van der Waals surface area contributed by atoms with E-state index in [9.17, 15) is 20.1 Å². The number of aliphatic hydroxyl groups is 1. The quantitative estimate of drug-likeness (QED) is 0.569. The third-order valence-corrected chi connectivity index (χ3v) is 2.98. The second-order valence-electron chi connectivity index (χ2n) is 4.67. The molecule has 0 spiro atoms. The highest BCUT2D eigenvalue weighted by Gasteiger charge is 2.17. The van der Waals surface area contributed by atoms with E-state index in [-0.39, 0.29) is 6.42 Å². The topological polar surface area (TPSA) is 98.0 Å². The molecule has 5 heteroatoms. The summed E-state index contributed by atoms with van der Waals surface area (Å²) >= 11 is 0. The molecule has 1 aromatic carbocycles. The Kier molecular flexibility index (Phi) is 5.63. The summed E-state index contributed by atoms with van der Waals surface area (Å²) < 4.78 is 0. The van der Waals surface area contributed by atoms with Crippen molar-refractivity contribution in [1.29, 1.82) is 0 Å². The SMILES string of the molecule is CCCCCC(O)Cc1cc(O)c(C(=O)O)c(O)c1. The molecule has 0 bridgehead atoms. The first-order chi connectivity index (χ1) is 8.95. The number of phenols is 2. The van der Waals surface area contributed by atoms with Crippen LogP contribution in [0.3, 0.4) is 0 Å². The summed E-state index contributed by atoms with van der Waals surface area (Å²) in [5.74, 6) is -2.35. The molecule has 0 aliphatic rings. The van der Waals surface area contributed by atoms with Crippen molar-refractivity contribution >= 4 is 5.97 Å². The molecule has 0 amide bonds. The number of carbonyl (C=O) groups is 1. The number of unbranched alkanes of at least 4 members (excludes halogenated alkanes) is 2. The van der Waals surface area contributed by atoms with Crippen LogP contribution in [0.4, 0.5) is 0 Å². The minimum Gasteiger partial charge on any atom is -0.507 e. The molecule has 0 fully saturated rings. The van der Waals surface area contributed by atoms with Crippen molar-refractivity contribution in [1.82, 2.24) is 0 Å². The molecular formula is C14H20O5. The Balaban J connectivity index is 2.72. The van der Waals surface area contributed by atoms with Crippen LogP contribution in [0.15, 0.2) is 12.1 Å². The zero-order chi connectivity index (χ0) is 14.4. The smallest absolute Gasteiger partial charge is 0.343 e. The fraction of sp³-hybridized carbons (Fsp3) is 0.500. The number of hydrogen-bond acceptors (Lipinski definition) is 4. The normalized spacial score (nSPS) is 12.3. The standard InChI is InChI=1S/C14H20O5/c1-2-3-4-5-10(15)6-9-7-11(16)13(14(18)19)12(17)8-9/h7-8,10,15-17H,2-6H2,1H3,(H,18,19). The van der Waals surface area contributed by atoms with Crippen molar-refractivity contribution in [2.45, 2.75) is 45.1 Å². The predicted molar refractivity (Wildman–Crippen MR) is 70.6 cm³/mol. The van der Waals surface area contributed by atoms with Gasteiger partial charge >= 0.3 is 5.97 Å². The van der Waals surface area contributed by atoms with E-state index < -0.39 is 29.1 Å². The summed E-state index contributed by atoms with van der Waals surface area (Å²) in [6.45, 7) is 2.08. The number of carboxylic acid groups (broad SMARTS) is 1. The van der Waals surface area contributed by atoms with Gasteiger partial charge < -0.3 is 20.4 Å². The van der Waals surface area contributed by atoms with Gasteiger partial charge in [0.05, 0.1) is 6.10 Å². The number of aromatic hydroxyl groups is 2. The number of benzene rings is 1. The largest absolute Gasteiger partial charge is 0.507 e. The van der Waals surface area contributed by atoms with Gasteiger partial charge in [-0.3, -0.25) is 0 Å². The molecule has 0 saturated carbocycles. The molecular weight excluding hydrogens is 248 g/mol. The summed E-state index contributed by atoms with van der Waals surface area (Å²) in [5.41, 5.74) is 0.00761. The van der Waals surface area contributed by atoms with Crippen LogP contribution in [0, 0.1) is 0 Å². The minimum atomic E-state index is -1.38. The van der Waals surface area contributed by atoms with E-state index in [4.69, 9.17) is 5.11 Å². The molecule has 1 unspecified atom stereocenters. The molecule has 5 nitrogen and oxygen atoms in total. The number of carboxylic acids is 1. The van der Waals surface area contributed by atoms with Gasteiger partial charge in [0.2, 0.25) is 0 Å². The molecule has 1 atom stereocenters. The van der Waals surface area contributed by atoms with Gasteiger partial charge in [0.15, 0.2) is 0 Å². The lowest BCUT2D eigenvalue weighted by molar-refractivity contribution is 0.0690. The average Bonchev–Trinajstić information content (AvgIpc) is 2.27. The molecule has 19 heavy (non-hydrogen) atoms. The van der Waals surface area contributed by atoms with Crippen molar-refractivity contribution < 1.29 is 25.2 Å². The number of hydrogen-bond donors (Lipinski definition) is 4. The summed E-state index contributed by atoms with van der Waals surface area (Å²) in [6.07, 6.45) is 3.41. The van der Waals surface area contributed by atoms with Crippen LogP contribution in [0.2, 0.25) is 0 Å². The Hall–Kier alpha value is -1.75. The Morgan fingerprint density at radius 3 is 2.26 bits per heavy atom. The second kappa shape index (κ2) is 6.99. The molecule has 0 aliphatic carbocycles. The Labute approximate surface area is 112 Å². The second-order valence-corrected chi connectivity index (χ2v) is 4.67. The third-order valence-electron chi connectivity index (χ3n) is 2.98. The van der Waals surface area contributed by atoms with Gasteiger partial charge in [0.25, 0.3) is 0 Å². The lowest BCUT2D eigenvalue weighted by Gasteiger charge is -2.12. The molecule has 4 N–H and O–H groups in total. The molecule has 0 aromatic heterocycles. The van der Waals surface area contributed by atoms with E-state index in [2.05, 4.69) is 6.92 Å². The molecule has 0 aliphatic heterocycles. The maximum atomic E-state index is 10.8. The molecule has 0 saturated heterocycles. The van der Waals surface area contributed by atoms with Crippen molar-refractivity contribution in [2.24, 2.45) is 0 Å². The van der Waals surface area contributed by atoms with Gasteiger partial charge in [-0.15, -0.1) is 0 Å². The van der Waals surface area contributed by atoms with Crippen LogP contribution >= 0.6 is 0 Å². The van der Waals surface area contributed by atoms with Crippen molar-refractivity contribution in [3.05, 3.63) is 23.3 Å². The van der Waals surface area contributed by atoms with E-state index in [1.54, 1.807) is 0 Å². The number of aliphatic hydroxyl groups excluding tert-OH is 1. The Bertz CT molecular complexity index is 418. The highest BCUT2D eigenvalue weighted by atomic mass is 16.4. The first kappa shape index (κ1) is 15.3. The Morgan fingerprint density at radius 2 is 1.79 bits per heavy atom. The van der Waals surface area contributed by atoms with Crippen LogP contribution in [0.25, 0.3) is 0 Å². The van der Waals surface area contributed by atoms with Crippen molar-refractivity contribution in [3.8, 4) is 11.5 Å². The van der Waals surface area contributed by atoms with Crippen LogP contribution in [-0.4, -0.2) is 32.5 Å². The predicted octanol–water partition coefficient (Wildman–Crippen LogP) is 2.28. The van der Waals surface area contributed by atoms with Gasteiger partial charge in [-0.05, 0) is 30.5 Å². The lowest BCUT2D eigenvalue weighted by Crippen LogP contribution is -2.10. The van der Waals surface area contributed by atoms with E-state index in [1.165, 1.54) is 12.1 Å². The van der Waals surface area contributed by atoms with Gasteiger partial charge in [0, 0.05) is 0 Å². The monoisotopic (exact) mass is 268 g/mol. The highest BCUT2D eigenvalue weighted by Crippen LogP contribution is 2.29. The summed E-state index contributed by atoms with van der Waals surface area (Å²) in [7, 11) is 0. The average molecular weight is 268 g/mol. The van der Waals surface area contributed by atoms with E-state index >= 15 is 0 Å². The fourth-order valence-electron chi connectivity index (χ4n) is 2.01. The molecule has 1 rings (SSSR count). The zero-order valence-electron chi connectivity index (χ0n) is 11.0. The molecule has 0 radical (unpaired) electrons. The maximum absolute atomic E-state index is 10.8. The zero-order valence-corrected chi connectivity index (χ0v) is 11.0. The third kappa shape index (κ3) is 4.44.